The Morgan fingerprint density at radius 3 is 2.73 bits per heavy atom. The molecule has 2 aromatic heterocycles. The molecule has 1 fully saturated rings. The van der Waals surface area contributed by atoms with Crippen LogP contribution >= 0.6 is 0 Å². The lowest BCUT2D eigenvalue weighted by molar-refractivity contribution is 0.0554. The fourth-order valence-electron chi connectivity index (χ4n) is 3.16. The number of nitrogens with zero attached hydrogens (tertiary/aromatic N) is 5. The number of anilines is 2. The number of hydrogen-bond donors (Lipinski definition) is 2. The second-order valence-corrected chi connectivity index (χ2v) is 7.14. The molecule has 7 heteroatoms. The fourth-order valence-corrected chi connectivity index (χ4v) is 3.16. The first-order chi connectivity index (χ1) is 12.4. The summed E-state index contributed by atoms with van der Waals surface area (Å²) in [4.78, 5) is 17.6. The number of aliphatic hydroxyl groups is 1. The average Bonchev–Trinajstić information content (AvgIpc) is 2.61. The van der Waals surface area contributed by atoms with E-state index in [1.807, 2.05) is 57.2 Å². The summed E-state index contributed by atoms with van der Waals surface area (Å²) in [5.41, 5.74) is 3.01. The van der Waals surface area contributed by atoms with E-state index in [2.05, 4.69) is 25.2 Å². The normalized spacial score (nSPS) is 20.8. The highest BCUT2D eigenvalue weighted by molar-refractivity contribution is 5.51. The van der Waals surface area contributed by atoms with Gasteiger partial charge in [0.25, 0.3) is 0 Å². The Morgan fingerprint density at radius 1 is 1.27 bits per heavy atom. The molecular formula is C19H28N6O. The number of aromatic nitrogens is 3. The van der Waals surface area contributed by atoms with Gasteiger partial charge < -0.3 is 15.3 Å². The Labute approximate surface area is 155 Å². The summed E-state index contributed by atoms with van der Waals surface area (Å²) >= 11 is 0. The largest absolute Gasteiger partial charge is 0.390 e. The van der Waals surface area contributed by atoms with Crippen LogP contribution in [0.1, 0.15) is 23.4 Å². The molecule has 2 N–H and O–H groups in total. The molecule has 0 aliphatic carbocycles. The lowest BCUT2D eigenvalue weighted by atomic mass is 10.0. The average molecular weight is 356 g/mol. The molecule has 1 aliphatic heterocycles. The van der Waals surface area contributed by atoms with Gasteiger partial charge in [-0.25, -0.2) is 4.98 Å². The number of pyridine rings is 1. The van der Waals surface area contributed by atoms with Crippen molar-refractivity contribution in [3.8, 4) is 0 Å². The van der Waals surface area contributed by atoms with Crippen molar-refractivity contribution < 1.29 is 5.11 Å². The summed E-state index contributed by atoms with van der Waals surface area (Å²) in [5, 5.41) is 14.1. The van der Waals surface area contributed by atoms with Crippen molar-refractivity contribution in [2.45, 2.75) is 39.0 Å². The lowest BCUT2D eigenvalue weighted by Crippen LogP contribution is -2.49. The molecule has 140 valence electrons. The molecule has 2 aromatic rings. The zero-order chi connectivity index (χ0) is 18.7. The maximum absolute atomic E-state index is 10.6. The summed E-state index contributed by atoms with van der Waals surface area (Å²) in [6.45, 7) is 6.30. The van der Waals surface area contributed by atoms with Crippen LogP contribution in [0, 0.1) is 13.8 Å². The van der Waals surface area contributed by atoms with Crippen molar-refractivity contribution in [3.63, 3.8) is 0 Å². The van der Waals surface area contributed by atoms with Crippen LogP contribution in [-0.4, -0.2) is 64.3 Å². The first kappa shape index (κ1) is 18.5. The van der Waals surface area contributed by atoms with E-state index in [0.717, 1.165) is 42.3 Å². The first-order valence-electron chi connectivity index (χ1n) is 9.03. The summed E-state index contributed by atoms with van der Waals surface area (Å²) in [6, 6.07) is 5.92. The van der Waals surface area contributed by atoms with Gasteiger partial charge >= 0.3 is 0 Å². The van der Waals surface area contributed by atoms with Crippen LogP contribution in [0.5, 0.6) is 0 Å². The monoisotopic (exact) mass is 356 g/mol. The van der Waals surface area contributed by atoms with Gasteiger partial charge in [-0.3, -0.25) is 9.88 Å². The van der Waals surface area contributed by atoms with E-state index in [1.165, 1.54) is 0 Å². The molecule has 0 unspecified atom stereocenters. The number of rotatable bonds is 5. The van der Waals surface area contributed by atoms with Crippen molar-refractivity contribution in [3.05, 3.63) is 41.3 Å². The van der Waals surface area contributed by atoms with Crippen LogP contribution in [0.25, 0.3) is 0 Å². The molecule has 0 aromatic carbocycles. The molecule has 3 rings (SSSR count). The molecule has 2 atom stereocenters. The van der Waals surface area contributed by atoms with Gasteiger partial charge in [0.1, 0.15) is 5.82 Å². The van der Waals surface area contributed by atoms with E-state index in [4.69, 9.17) is 0 Å². The van der Waals surface area contributed by atoms with Gasteiger partial charge in [0.05, 0.1) is 17.8 Å². The van der Waals surface area contributed by atoms with Gasteiger partial charge in [0, 0.05) is 51.2 Å². The Morgan fingerprint density at radius 2 is 2.08 bits per heavy atom. The number of aryl methyl sites for hydroxylation is 1. The standard InChI is InChI=1S/C19H28N6O/c1-13-14(2)21-19(24(3)4)23-18(13)22-16-8-10-25(12-17(16)26)11-15-7-5-6-9-20-15/h5-7,9,16-17,26H,8,10-12H2,1-4H3,(H,21,22,23)/t16-,17-/m1/s1. The van der Waals surface area contributed by atoms with Crippen molar-refractivity contribution in [2.75, 3.05) is 37.4 Å². The predicted molar refractivity (Wildman–Crippen MR) is 103 cm³/mol. The van der Waals surface area contributed by atoms with Crippen molar-refractivity contribution >= 4 is 11.8 Å². The van der Waals surface area contributed by atoms with Gasteiger partial charge in [0.2, 0.25) is 5.95 Å². The Kier molecular flexibility index (Phi) is 5.68. The third-order valence-electron chi connectivity index (χ3n) is 4.88. The van der Waals surface area contributed by atoms with E-state index in [0.29, 0.717) is 12.5 Å². The molecule has 0 amide bonds. The van der Waals surface area contributed by atoms with E-state index in [9.17, 15) is 5.11 Å². The van der Waals surface area contributed by atoms with E-state index >= 15 is 0 Å². The van der Waals surface area contributed by atoms with Crippen LogP contribution in [0.15, 0.2) is 24.4 Å². The number of β-amino-alcohol motifs (C(OH)–C–C–N with tert-alkyl or cyclic N) is 1. The second-order valence-electron chi connectivity index (χ2n) is 7.14. The minimum atomic E-state index is -0.454. The molecule has 7 nitrogen and oxygen atoms in total. The van der Waals surface area contributed by atoms with Crippen molar-refractivity contribution in [2.24, 2.45) is 0 Å². The molecule has 26 heavy (non-hydrogen) atoms. The molecule has 0 saturated carbocycles. The third-order valence-corrected chi connectivity index (χ3v) is 4.88. The van der Waals surface area contributed by atoms with E-state index in [-0.39, 0.29) is 6.04 Å². The number of piperidine rings is 1. The highest BCUT2D eigenvalue weighted by Crippen LogP contribution is 2.22. The van der Waals surface area contributed by atoms with Crippen LogP contribution in [0.4, 0.5) is 11.8 Å². The highest BCUT2D eigenvalue weighted by atomic mass is 16.3. The molecular weight excluding hydrogens is 328 g/mol. The van der Waals surface area contributed by atoms with Crippen LogP contribution in [0.2, 0.25) is 0 Å². The van der Waals surface area contributed by atoms with Gasteiger partial charge in [0.15, 0.2) is 0 Å². The minimum absolute atomic E-state index is 0.0157. The van der Waals surface area contributed by atoms with Gasteiger partial charge in [-0.1, -0.05) is 6.07 Å². The molecule has 1 aliphatic rings. The second kappa shape index (κ2) is 7.97. The number of aliphatic hydroxyl groups excluding tert-OH is 1. The fraction of sp³-hybridized carbons (Fsp3) is 0.526. The zero-order valence-corrected chi connectivity index (χ0v) is 16.0. The van der Waals surface area contributed by atoms with Crippen molar-refractivity contribution in [1.82, 2.24) is 19.9 Å². The van der Waals surface area contributed by atoms with E-state index < -0.39 is 6.10 Å². The molecule has 0 bridgehead atoms. The Bertz CT molecular complexity index is 736. The van der Waals surface area contributed by atoms with E-state index in [1.54, 1.807) is 0 Å². The van der Waals surface area contributed by atoms with Crippen LogP contribution in [-0.2, 0) is 6.54 Å². The van der Waals surface area contributed by atoms with Gasteiger partial charge in [-0.2, -0.15) is 4.98 Å². The van der Waals surface area contributed by atoms with Crippen LogP contribution in [0.3, 0.4) is 0 Å². The maximum atomic E-state index is 10.6. The van der Waals surface area contributed by atoms with Gasteiger partial charge in [-0.05, 0) is 32.4 Å². The highest BCUT2D eigenvalue weighted by Gasteiger charge is 2.28. The molecule has 0 radical (unpaired) electrons. The smallest absolute Gasteiger partial charge is 0.227 e. The predicted octanol–water partition coefficient (Wildman–Crippen LogP) is 1.60. The Hall–Kier alpha value is -2.25. The third kappa shape index (κ3) is 4.28. The van der Waals surface area contributed by atoms with Crippen molar-refractivity contribution in [1.29, 1.82) is 0 Å². The topological polar surface area (TPSA) is 77.4 Å². The quantitative estimate of drug-likeness (QED) is 0.842. The lowest BCUT2D eigenvalue weighted by Gasteiger charge is -2.36. The molecule has 0 spiro atoms. The summed E-state index contributed by atoms with van der Waals surface area (Å²) in [5.74, 6) is 1.49. The summed E-state index contributed by atoms with van der Waals surface area (Å²) in [7, 11) is 3.86. The maximum Gasteiger partial charge on any atom is 0.227 e. The molecule has 1 saturated heterocycles. The summed E-state index contributed by atoms with van der Waals surface area (Å²) in [6.07, 6.45) is 2.21. The minimum Gasteiger partial charge on any atom is -0.390 e. The first-order valence-corrected chi connectivity index (χ1v) is 9.03. The molecule has 3 heterocycles. The number of hydrogen-bond acceptors (Lipinski definition) is 7. The summed E-state index contributed by atoms with van der Waals surface area (Å²) < 4.78 is 0. The van der Waals surface area contributed by atoms with Gasteiger partial charge in [-0.15, -0.1) is 0 Å². The number of likely N-dealkylation sites (tertiary alicyclic amines) is 1. The Balaban J connectivity index is 1.65. The van der Waals surface area contributed by atoms with Crippen LogP contribution < -0.4 is 10.2 Å². The zero-order valence-electron chi connectivity index (χ0n) is 16.0. The SMILES string of the molecule is Cc1nc(N(C)C)nc(N[C@@H]2CCN(Cc3ccccn3)C[C@H]2O)c1C. The number of nitrogens with one attached hydrogen (secondary N) is 1.